The summed E-state index contributed by atoms with van der Waals surface area (Å²) in [6.07, 6.45) is 1.77. The van der Waals surface area contributed by atoms with E-state index in [0.29, 0.717) is 11.6 Å². The maximum absolute atomic E-state index is 6.08. The minimum absolute atomic E-state index is 0.621. The van der Waals surface area contributed by atoms with Crippen LogP contribution in [0.2, 0.25) is 5.02 Å². The van der Waals surface area contributed by atoms with E-state index in [2.05, 4.69) is 21.4 Å². The fraction of sp³-hybridized carbons (Fsp3) is 0.158. The molecule has 0 aliphatic carbocycles. The van der Waals surface area contributed by atoms with E-state index in [4.69, 9.17) is 16.3 Å². The first kappa shape index (κ1) is 16.3. The van der Waals surface area contributed by atoms with Crippen LogP contribution in [0.25, 0.3) is 11.3 Å². The van der Waals surface area contributed by atoms with Crippen LogP contribution < -0.4 is 10.1 Å². The normalized spacial score (nSPS) is 10.5. The van der Waals surface area contributed by atoms with Crippen LogP contribution in [-0.4, -0.2) is 17.1 Å². The minimum atomic E-state index is 0.621. The highest BCUT2D eigenvalue weighted by molar-refractivity contribution is 6.30. The number of hydrogen-bond donors (Lipinski definition) is 1. The molecular weight excluding hydrogens is 322 g/mol. The monoisotopic (exact) mass is 339 g/mol. The van der Waals surface area contributed by atoms with Gasteiger partial charge in [-0.2, -0.15) is 0 Å². The van der Waals surface area contributed by atoms with Gasteiger partial charge in [0.2, 0.25) is 0 Å². The lowest BCUT2D eigenvalue weighted by Crippen LogP contribution is -2.02. The molecule has 3 rings (SSSR count). The second-order valence-corrected chi connectivity index (χ2v) is 5.82. The van der Waals surface area contributed by atoms with Gasteiger partial charge in [-0.15, -0.1) is 0 Å². The molecule has 1 heterocycles. The maximum Gasteiger partial charge on any atom is 0.125 e. The Labute approximate surface area is 146 Å². The Hall–Kier alpha value is -2.59. The fourth-order valence-corrected chi connectivity index (χ4v) is 2.68. The van der Waals surface area contributed by atoms with Crippen molar-refractivity contribution in [1.82, 2.24) is 9.97 Å². The topological polar surface area (TPSA) is 47.0 Å². The molecule has 0 aliphatic rings. The van der Waals surface area contributed by atoms with Crippen LogP contribution in [0.4, 0.5) is 5.69 Å². The molecule has 122 valence electrons. The molecular formula is C19H18ClN3O. The number of nitrogens with zero attached hydrogens (tertiary/aromatic N) is 2. The summed E-state index contributed by atoms with van der Waals surface area (Å²) in [7, 11) is 1.66. The second kappa shape index (κ2) is 7.32. The summed E-state index contributed by atoms with van der Waals surface area (Å²) in [6, 6.07) is 15.6. The molecule has 3 aromatic rings. The number of nitrogens with one attached hydrogen (secondary N) is 1. The summed E-state index contributed by atoms with van der Waals surface area (Å²) < 4.78 is 5.38. The van der Waals surface area contributed by atoms with Gasteiger partial charge in [-0.25, -0.2) is 9.97 Å². The number of methoxy groups -OCH3 is 1. The highest BCUT2D eigenvalue weighted by Crippen LogP contribution is 2.25. The molecule has 0 aliphatic heterocycles. The van der Waals surface area contributed by atoms with Gasteiger partial charge in [0.25, 0.3) is 0 Å². The lowest BCUT2D eigenvalue weighted by atomic mass is 10.1. The zero-order valence-electron chi connectivity index (χ0n) is 13.6. The maximum atomic E-state index is 6.08. The van der Waals surface area contributed by atoms with Crippen molar-refractivity contribution >= 4 is 17.3 Å². The van der Waals surface area contributed by atoms with Crippen molar-refractivity contribution in [1.29, 1.82) is 0 Å². The van der Waals surface area contributed by atoms with Crippen LogP contribution in [-0.2, 0) is 6.54 Å². The van der Waals surface area contributed by atoms with E-state index in [0.717, 1.165) is 34.1 Å². The summed E-state index contributed by atoms with van der Waals surface area (Å²) in [4.78, 5) is 8.60. The van der Waals surface area contributed by atoms with Crippen LogP contribution >= 0.6 is 11.6 Å². The summed E-state index contributed by atoms with van der Waals surface area (Å²) >= 11 is 6.08. The molecule has 0 spiro atoms. The number of aromatic nitrogens is 2. The van der Waals surface area contributed by atoms with E-state index in [9.17, 15) is 0 Å². The number of anilines is 1. The van der Waals surface area contributed by atoms with Crippen molar-refractivity contribution < 1.29 is 4.74 Å². The van der Waals surface area contributed by atoms with Gasteiger partial charge < -0.3 is 10.1 Å². The number of ether oxygens (including phenoxy) is 1. The molecule has 24 heavy (non-hydrogen) atoms. The first-order chi connectivity index (χ1) is 11.7. The lowest BCUT2D eigenvalue weighted by Gasteiger charge is -2.12. The molecule has 4 nitrogen and oxygen atoms in total. The predicted octanol–water partition coefficient (Wildman–Crippen LogP) is 4.73. The zero-order valence-corrected chi connectivity index (χ0v) is 14.3. The van der Waals surface area contributed by atoms with Crippen molar-refractivity contribution in [3.05, 3.63) is 71.1 Å². The third-order valence-corrected chi connectivity index (χ3v) is 3.89. The Kier molecular flexibility index (Phi) is 4.96. The third-order valence-electron chi connectivity index (χ3n) is 3.66. The first-order valence-corrected chi connectivity index (χ1v) is 8.00. The van der Waals surface area contributed by atoms with E-state index in [-0.39, 0.29) is 0 Å². The van der Waals surface area contributed by atoms with Crippen molar-refractivity contribution in [3.63, 3.8) is 0 Å². The van der Waals surface area contributed by atoms with Gasteiger partial charge >= 0.3 is 0 Å². The van der Waals surface area contributed by atoms with Crippen LogP contribution in [0.1, 0.15) is 11.4 Å². The van der Waals surface area contributed by atoms with Gasteiger partial charge in [0.1, 0.15) is 11.6 Å². The number of aryl methyl sites for hydroxylation is 1. The number of benzene rings is 2. The van der Waals surface area contributed by atoms with E-state index < -0.39 is 0 Å². The number of rotatable bonds is 5. The van der Waals surface area contributed by atoms with Crippen molar-refractivity contribution in [3.8, 4) is 17.0 Å². The summed E-state index contributed by atoms with van der Waals surface area (Å²) in [6.45, 7) is 2.51. The molecule has 0 saturated heterocycles. The van der Waals surface area contributed by atoms with Crippen LogP contribution in [0.15, 0.2) is 54.7 Å². The molecule has 2 aromatic carbocycles. The Bertz CT molecular complexity index is 852. The van der Waals surface area contributed by atoms with E-state index >= 15 is 0 Å². The Morgan fingerprint density at radius 1 is 1.12 bits per heavy atom. The van der Waals surface area contributed by atoms with Gasteiger partial charge in [0.15, 0.2) is 0 Å². The fourth-order valence-electron chi connectivity index (χ4n) is 2.49. The first-order valence-electron chi connectivity index (χ1n) is 7.62. The molecule has 1 N–H and O–H groups in total. The standard InChI is InChI=1S/C19H18ClN3O/c1-13-21-9-8-18(23-13)14-4-3-5-17(11-14)22-12-15-10-16(20)6-7-19(15)24-2/h3-11,22H,12H2,1-2H3. The van der Waals surface area contributed by atoms with Gasteiger partial charge in [0, 0.05) is 34.6 Å². The molecule has 0 bridgehead atoms. The summed E-state index contributed by atoms with van der Waals surface area (Å²) in [5, 5.41) is 4.10. The summed E-state index contributed by atoms with van der Waals surface area (Å²) in [5.41, 5.74) is 3.97. The van der Waals surface area contributed by atoms with Gasteiger partial charge in [-0.05, 0) is 43.3 Å². The molecule has 0 saturated carbocycles. The molecule has 1 aromatic heterocycles. The van der Waals surface area contributed by atoms with Crippen molar-refractivity contribution in [2.75, 3.05) is 12.4 Å². The van der Waals surface area contributed by atoms with Crippen molar-refractivity contribution in [2.45, 2.75) is 13.5 Å². The largest absolute Gasteiger partial charge is 0.496 e. The molecule has 5 heteroatoms. The number of hydrogen-bond acceptors (Lipinski definition) is 4. The average Bonchev–Trinajstić information content (AvgIpc) is 2.60. The second-order valence-electron chi connectivity index (χ2n) is 5.38. The Morgan fingerprint density at radius 3 is 2.79 bits per heavy atom. The molecule has 0 atom stereocenters. The smallest absolute Gasteiger partial charge is 0.125 e. The molecule has 0 fully saturated rings. The van der Waals surface area contributed by atoms with Crippen LogP contribution in [0.5, 0.6) is 5.75 Å². The highest BCUT2D eigenvalue weighted by Gasteiger charge is 2.05. The Balaban J connectivity index is 1.79. The molecule has 0 unspecified atom stereocenters. The van der Waals surface area contributed by atoms with E-state index in [1.54, 1.807) is 13.3 Å². The van der Waals surface area contributed by atoms with E-state index in [1.807, 2.05) is 49.4 Å². The third kappa shape index (κ3) is 3.84. The number of halogens is 1. The minimum Gasteiger partial charge on any atom is -0.496 e. The molecule has 0 amide bonds. The van der Waals surface area contributed by atoms with Crippen molar-refractivity contribution in [2.24, 2.45) is 0 Å². The quantitative estimate of drug-likeness (QED) is 0.730. The van der Waals surface area contributed by atoms with Gasteiger partial charge in [0.05, 0.1) is 12.8 Å². The predicted molar refractivity (Wildman–Crippen MR) is 97.5 cm³/mol. The van der Waals surface area contributed by atoms with Gasteiger partial charge in [-0.1, -0.05) is 23.7 Å². The summed E-state index contributed by atoms with van der Waals surface area (Å²) in [5.74, 6) is 1.57. The Morgan fingerprint density at radius 2 is 2.00 bits per heavy atom. The highest BCUT2D eigenvalue weighted by atomic mass is 35.5. The SMILES string of the molecule is COc1ccc(Cl)cc1CNc1cccc(-c2ccnc(C)n2)c1. The van der Waals surface area contributed by atoms with Crippen LogP contribution in [0.3, 0.4) is 0 Å². The van der Waals surface area contributed by atoms with Crippen LogP contribution in [0, 0.1) is 6.92 Å². The van der Waals surface area contributed by atoms with E-state index in [1.165, 1.54) is 0 Å². The van der Waals surface area contributed by atoms with Gasteiger partial charge in [-0.3, -0.25) is 0 Å². The lowest BCUT2D eigenvalue weighted by molar-refractivity contribution is 0.410. The molecule has 0 radical (unpaired) electrons. The average molecular weight is 340 g/mol. The zero-order chi connectivity index (χ0) is 16.9.